The van der Waals surface area contributed by atoms with Gasteiger partial charge in [0.2, 0.25) is 11.6 Å². The highest BCUT2D eigenvalue weighted by atomic mass is 35.5. The number of hydrogen-bond acceptors (Lipinski definition) is 10. The highest BCUT2D eigenvalue weighted by Gasteiger charge is 2.69. The van der Waals surface area contributed by atoms with Gasteiger partial charge in [-0.3, -0.25) is 9.59 Å². The van der Waals surface area contributed by atoms with Crippen LogP contribution in [0.1, 0.15) is 58.7 Å². The molecule has 3 aromatic carbocycles. The van der Waals surface area contributed by atoms with E-state index in [1.165, 1.54) is 36.4 Å². The van der Waals surface area contributed by atoms with E-state index in [1.54, 1.807) is 12.1 Å². The molecule has 13 heteroatoms. The van der Waals surface area contributed by atoms with Crippen molar-refractivity contribution in [2.24, 2.45) is 0 Å². The first-order valence-electron chi connectivity index (χ1n) is 12.9. The number of aliphatic carboxylic acids is 2. The van der Waals surface area contributed by atoms with Gasteiger partial charge in [-0.15, -0.1) is 0 Å². The van der Waals surface area contributed by atoms with Crippen LogP contribution in [-0.4, -0.2) is 72.4 Å². The fourth-order valence-electron chi connectivity index (χ4n) is 4.12. The Labute approximate surface area is 257 Å². The number of nitrogen functional groups attached to an aromatic ring is 1. The zero-order valence-electron chi connectivity index (χ0n) is 24.0. The Bertz CT molecular complexity index is 1500. The number of carboxylic acids is 2. The SMILES string of the molecule is CC(C)(C)NC(CO)c1cc(Cl)c(N)c(C#N)c1.O=C(O)C(O)(C(=O)c1ccccc1)C(O)(C(=O)O)C(=O)c1ccccc1. The van der Waals surface area contributed by atoms with Crippen LogP contribution in [0.15, 0.2) is 72.8 Å². The first-order chi connectivity index (χ1) is 20.4. The van der Waals surface area contributed by atoms with Gasteiger partial charge in [0, 0.05) is 16.7 Å². The highest BCUT2D eigenvalue weighted by Crippen LogP contribution is 2.32. The molecule has 0 radical (unpaired) electrons. The molecule has 0 saturated carbocycles. The minimum atomic E-state index is -3.95. The van der Waals surface area contributed by atoms with E-state index in [2.05, 4.69) is 5.32 Å². The molecule has 0 aliphatic carbocycles. The van der Waals surface area contributed by atoms with Gasteiger partial charge in [-0.2, -0.15) is 5.26 Å². The Morgan fingerprint density at radius 1 is 0.864 bits per heavy atom. The lowest BCUT2D eigenvalue weighted by Crippen LogP contribution is -2.71. The van der Waals surface area contributed by atoms with Crippen molar-refractivity contribution in [2.75, 3.05) is 12.3 Å². The average Bonchev–Trinajstić information content (AvgIpc) is 3.00. The number of carbonyl (C=O) groups excluding carboxylic acids is 2. The molecule has 3 aromatic rings. The minimum Gasteiger partial charge on any atom is -0.479 e. The van der Waals surface area contributed by atoms with Crippen LogP contribution in [-0.2, 0) is 9.59 Å². The molecule has 3 rings (SSSR count). The van der Waals surface area contributed by atoms with Crippen LogP contribution in [0.25, 0.3) is 0 Å². The van der Waals surface area contributed by atoms with Gasteiger partial charge in [0.1, 0.15) is 6.07 Å². The molecule has 0 heterocycles. The summed E-state index contributed by atoms with van der Waals surface area (Å²) in [5.41, 5.74) is -1.80. The average molecular weight is 626 g/mol. The Balaban J connectivity index is 0.000000329. The third-order valence-electron chi connectivity index (χ3n) is 6.34. The predicted molar refractivity (Wildman–Crippen MR) is 160 cm³/mol. The first kappa shape index (κ1) is 35.6. The highest BCUT2D eigenvalue weighted by molar-refractivity contribution is 6.33. The van der Waals surface area contributed by atoms with Crippen molar-refractivity contribution >= 4 is 40.8 Å². The molecule has 0 fully saturated rings. The molecule has 8 N–H and O–H groups in total. The Morgan fingerprint density at radius 2 is 1.27 bits per heavy atom. The molecule has 0 saturated heterocycles. The molecule has 3 atom stereocenters. The Hall–Kier alpha value is -4.64. The molecule has 0 aliphatic rings. The molecule has 12 nitrogen and oxygen atoms in total. The summed E-state index contributed by atoms with van der Waals surface area (Å²) in [5.74, 6) is -8.03. The number of nitrogens with one attached hydrogen (secondary N) is 1. The van der Waals surface area contributed by atoms with Crippen LogP contribution in [0, 0.1) is 11.3 Å². The van der Waals surface area contributed by atoms with Gasteiger partial charge in [-0.05, 0) is 38.5 Å². The summed E-state index contributed by atoms with van der Waals surface area (Å²) in [7, 11) is 0. The van der Waals surface area contributed by atoms with Crippen molar-refractivity contribution in [1.29, 1.82) is 5.26 Å². The second-order valence-corrected chi connectivity index (χ2v) is 11.0. The van der Waals surface area contributed by atoms with E-state index in [0.717, 1.165) is 29.8 Å². The third-order valence-corrected chi connectivity index (χ3v) is 6.65. The maximum atomic E-state index is 12.6. The number of ketones is 2. The van der Waals surface area contributed by atoms with Gasteiger partial charge in [0.05, 0.1) is 28.9 Å². The van der Waals surface area contributed by atoms with Crippen LogP contribution in [0.5, 0.6) is 0 Å². The van der Waals surface area contributed by atoms with Crippen LogP contribution in [0.3, 0.4) is 0 Å². The quantitative estimate of drug-likeness (QED) is 0.0979. The summed E-state index contributed by atoms with van der Waals surface area (Å²) in [6, 6.07) is 17.9. The van der Waals surface area contributed by atoms with Crippen molar-refractivity contribution < 1.29 is 44.7 Å². The van der Waals surface area contributed by atoms with E-state index in [1.807, 2.05) is 26.8 Å². The van der Waals surface area contributed by atoms with Crippen molar-refractivity contribution in [2.45, 2.75) is 43.6 Å². The normalized spacial score (nSPS) is 14.4. The van der Waals surface area contributed by atoms with Crippen molar-refractivity contribution in [3.05, 3.63) is 100 Å². The van der Waals surface area contributed by atoms with Crippen LogP contribution < -0.4 is 11.1 Å². The summed E-state index contributed by atoms with van der Waals surface area (Å²) in [6.07, 6.45) is 0. The summed E-state index contributed by atoms with van der Waals surface area (Å²) >= 11 is 5.98. The number of carbonyl (C=O) groups is 4. The van der Waals surface area contributed by atoms with E-state index >= 15 is 0 Å². The summed E-state index contributed by atoms with van der Waals surface area (Å²) in [5, 5.41) is 61.9. The molecule has 0 aliphatic heterocycles. The van der Waals surface area contributed by atoms with Gasteiger partial charge >= 0.3 is 11.9 Å². The number of Topliss-reactive ketones (excluding diaryl/α,β-unsaturated/α-hetero) is 2. The Morgan fingerprint density at radius 3 is 1.59 bits per heavy atom. The Kier molecular flexibility index (Phi) is 11.5. The van der Waals surface area contributed by atoms with E-state index in [9.17, 15) is 44.7 Å². The third kappa shape index (κ3) is 7.46. The molecule has 232 valence electrons. The van der Waals surface area contributed by atoms with Crippen LogP contribution >= 0.6 is 11.6 Å². The lowest BCUT2D eigenvalue weighted by Gasteiger charge is -2.34. The number of aliphatic hydroxyl groups excluding tert-OH is 1. The monoisotopic (exact) mass is 625 g/mol. The standard InChI is InChI=1S/C18H14O8.C13H18ClN3O/c19-13(11-7-3-1-4-8-11)17(25,15(21)22)18(26,16(23)24)14(20)12-9-5-2-6-10-12;1-13(2,3)17-11(7-18)8-4-9(6-15)12(16)10(14)5-8/h1-10,25-26H,(H,21,22)(H,23,24);4-5,11,17-18H,7,16H2,1-3H3. The number of aliphatic hydroxyl groups is 3. The summed E-state index contributed by atoms with van der Waals surface area (Å²) < 4.78 is 0. The second kappa shape index (κ2) is 14.2. The van der Waals surface area contributed by atoms with Crippen molar-refractivity contribution in [3.63, 3.8) is 0 Å². The fraction of sp³-hybridized carbons (Fsp3) is 0.258. The molecular formula is C31H32ClN3O9. The minimum absolute atomic E-state index is 0.0810. The van der Waals surface area contributed by atoms with Crippen LogP contribution in [0.4, 0.5) is 5.69 Å². The molecule has 3 unspecified atom stereocenters. The van der Waals surface area contributed by atoms with E-state index in [-0.39, 0.29) is 23.9 Å². The summed E-state index contributed by atoms with van der Waals surface area (Å²) in [6.45, 7) is 5.92. The molecular weight excluding hydrogens is 594 g/mol. The molecule has 0 amide bonds. The zero-order valence-corrected chi connectivity index (χ0v) is 24.7. The van der Waals surface area contributed by atoms with E-state index in [0.29, 0.717) is 10.6 Å². The summed E-state index contributed by atoms with van der Waals surface area (Å²) in [4.78, 5) is 48.5. The lowest BCUT2D eigenvalue weighted by atomic mass is 9.73. The van der Waals surface area contributed by atoms with Gasteiger partial charge in [0.25, 0.3) is 11.2 Å². The van der Waals surface area contributed by atoms with Gasteiger partial charge < -0.3 is 36.6 Å². The first-order valence-corrected chi connectivity index (χ1v) is 13.3. The molecule has 44 heavy (non-hydrogen) atoms. The van der Waals surface area contributed by atoms with Gasteiger partial charge in [-0.1, -0.05) is 72.3 Å². The number of halogens is 1. The predicted octanol–water partition coefficient (Wildman–Crippen LogP) is 2.60. The smallest absolute Gasteiger partial charge is 0.348 e. The topological polar surface area (TPSA) is 231 Å². The lowest BCUT2D eigenvalue weighted by molar-refractivity contribution is -0.187. The van der Waals surface area contributed by atoms with Gasteiger partial charge in [-0.25, -0.2) is 9.59 Å². The number of nitriles is 1. The molecule has 0 spiro atoms. The second-order valence-electron chi connectivity index (χ2n) is 10.6. The number of rotatable bonds is 10. The number of anilines is 1. The van der Waals surface area contributed by atoms with Crippen LogP contribution in [0.2, 0.25) is 5.02 Å². The van der Waals surface area contributed by atoms with Gasteiger partial charge in [0.15, 0.2) is 0 Å². The molecule has 0 bridgehead atoms. The number of benzene rings is 3. The van der Waals surface area contributed by atoms with E-state index < -0.39 is 45.8 Å². The number of nitrogens with zero attached hydrogens (tertiary/aromatic N) is 1. The van der Waals surface area contributed by atoms with Crippen molar-refractivity contribution in [3.8, 4) is 6.07 Å². The van der Waals surface area contributed by atoms with E-state index in [4.69, 9.17) is 22.6 Å². The number of hydrogen-bond donors (Lipinski definition) is 7. The number of nitrogens with two attached hydrogens (primary N) is 1. The molecule has 0 aromatic heterocycles. The van der Waals surface area contributed by atoms with Crippen molar-refractivity contribution in [1.82, 2.24) is 5.32 Å². The largest absolute Gasteiger partial charge is 0.479 e. The maximum absolute atomic E-state index is 12.6. The number of carboxylic acid groups (broad SMARTS) is 2. The zero-order chi connectivity index (χ0) is 33.5. The fourth-order valence-corrected chi connectivity index (χ4v) is 4.35. The maximum Gasteiger partial charge on any atom is 0.348 e.